The van der Waals surface area contributed by atoms with Gasteiger partial charge in [0.1, 0.15) is 16.3 Å². The predicted molar refractivity (Wildman–Crippen MR) is 94.5 cm³/mol. The molecule has 0 aromatic heterocycles. The van der Waals surface area contributed by atoms with Gasteiger partial charge in [-0.25, -0.2) is 17.2 Å². The third-order valence-electron chi connectivity index (χ3n) is 5.42. The molecule has 0 saturated heterocycles. The minimum Gasteiger partial charge on any atom is -0.490 e. The van der Waals surface area contributed by atoms with E-state index >= 15 is 0 Å². The number of fused-ring (bicyclic) bond motifs is 3. The van der Waals surface area contributed by atoms with E-state index in [1.54, 1.807) is 0 Å². The normalized spacial score (nSPS) is 24.7. The molecule has 0 amide bonds. The van der Waals surface area contributed by atoms with Gasteiger partial charge in [-0.3, -0.25) is 4.79 Å². The molecule has 0 radical (unpaired) electrons. The van der Waals surface area contributed by atoms with Gasteiger partial charge in [-0.2, -0.15) is 0 Å². The number of benzene rings is 2. The number of sulfone groups is 1. The average Bonchev–Trinajstić information content (AvgIpc) is 2.64. The van der Waals surface area contributed by atoms with Crippen LogP contribution in [0.4, 0.5) is 8.78 Å². The van der Waals surface area contributed by atoms with Crippen LogP contribution in [-0.4, -0.2) is 20.8 Å². The van der Waals surface area contributed by atoms with Crippen molar-refractivity contribution in [3.05, 3.63) is 58.6 Å². The summed E-state index contributed by atoms with van der Waals surface area (Å²) in [6, 6.07) is 7.34. The Kier molecular flexibility index (Phi) is 4.27. The van der Waals surface area contributed by atoms with Crippen molar-refractivity contribution < 1.29 is 26.7 Å². The molecule has 2 aliphatic rings. The third-order valence-corrected chi connectivity index (χ3v) is 8.27. The third kappa shape index (κ3) is 2.59. The Morgan fingerprint density at radius 1 is 1.07 bits per heavy atom. The first-order valence-electron chi connectivity index (χ1n) is 8.40. The molecule has 0 spiro atoms. The number of hydrogen-bond donors (Lipinski definition) is 0. The first-order valence-corrected chi connectivity index (χ1v) is 10.3. The van der Waals surface area contributed by atoms with Crippen LogP contribution in [0.15, 0.2) is 41.3 Å². The highest BCUT2D eigenvalue weighted by Crippen LogP contribution is 2.55. The van der Waals surface area contributed by atoms with Crippen LogP contribution in [0.1, 0.15) is 24.8 Å². The fraction of sp³-hybridized carbons (Fsp3) is 0.316. The van der Waals surface area contributed by atoms with Crippen LogP contribution in [0.25, 0.3) is 0 Å². The topological polar surface area (TPSA) is 60.4 Å². The Hall–Kier alpha value is -1.99. The van der Waals surface area contributed by atoms with Gasteiger partial charge in [0.2, 0.25) is 0 Å². The molecular weight excluding hydrogens is 398 g/mol. The molecular formula is C19H15ClF2O4S. The summed E-state index contributed by atoms with van der Waals surface area (Å²) in [6.45, 7) is -0.175. The van der Waals surface area contributed by atoms with E-state index in [1.165, 1.54) is 24.3 Å². The highest BCUT2D eigenvalue weighted by atomic mass is 35.5. The number of ketones is 1. The lowest BCUT2D eigenvalue weighted by Crippen LogP contribution is -2.52. The van der Waals surface area contributed by atoms with E-state index in [0.717, 1.165) is 12.1 Å². The maximum absolute atomic E-state index is 14.9. The Bertz CT molecular complexity index is 1040. The second-order valence-electron chi connectivity index (χ2n) is 6.83. The first kappa shape index (κ1) is 18.4. The minimum absolute atomic E-state index is 0.0291. The molecule has 27 heavy (non-hydrogen) atoms. The van der Waals surface area contributed by atoms with Crippen LogP contribution in [0, 0.1) is 17.6 Å². The summed E-state index contributed by atoms with van der Waals surface area (Å²) in [5.41, 5.74) is -0.318. The van der Waals surface area contributed by atoms with Gasteiger partial charge < -0.3 is 4.74 Å². The monoisotopic (exact) mass is 412 g/mol. The van der Waals surface area contributed by atoms with Gasteiger partial charge in [-0.05, 0) is 42.8 Å². The van der Waals surface area contributed by atoms with Crippen LogP contribution in [0.2, 0.25) is 5.02 Å². The molecule has 1 fully saturated rings. The lowest BCUT2D eigenvalue weighted by Gasteiger charge is -2.46. The van der Waals surface area contributed by atoms with Crippen LogP contribution in [0.3, 0.4) is 0 Å². The molecule has 4 rings (SSSR count). The minimum atomic E-state index is -4.17. The van der Waals surface area contributed by atoms with E-state index in [4.69, 9.17) is 16.3 Å². The van der Waals surface area contributed by atoms with Crippen molar-refractivity contribution >= 4 is 27.2 Å². The molecule has 0 N–H and O–H groups in total. The summed E-state index contributed by atoms with van der Waals surface area (Å²) in [4.78, 5) is 11.9. The summed E-state index contributed by atoms with van der Waals surface area (Å²) >= 11 is 5.86. The van der Waals surface area contributed by atoms with Crippen molar-refractivity contribution in [1.29, 1.82) is 0 Å². The average molecular weight is 413 g/mol. The second-order valence-corrected chi connectivity index (χ2v) is 9.47. The van der Waals surface area contributed by atoms with Crippen molar-refractivity contribution in [3.63, 3.8) is 0 Å². The summed E-state index contributed by atoms with van der Waals surface area (Å²) < 4.78 is 60.2. The fourth-order valence-electron chi connectivity index (χ4n) is 4.16. The van der Waals surface area contributed by atoms with Crippen molar-refractivity contribution in [2.24, 2.45) is 5.92 Å². The van der Waals surface area contributed by atoms with E-state index in [9.17, 15) is 22.0 Å². The highest BCUT2D eigenvalue weighted by Gasteiger charge is 2.59. The maximum atomic E-state index is 14.9. The van der Waals surface area contributed by atoms with Gasteiger partial charge in [0, 0.05) is 23.8 Å². The van der Waals surface area contributed by atoms with Gasteiger partial charge in [0.25, 0.3) is 0 Å². The molecule has 8 heteroatoms. The number of Topliss-reactive ketones (excluding diaryl/α,β-unsaturated/α-hetero) is 1. The molecule has 2 aromatic carbocycles. The highest BCUT2D eigenvalue weighted by molar-refractivity contribution is 7.92. The maximum Gasteiger partial charge on any atom is 0.188 e. The van der Waals surface area contributed by atoms with Crippen LogP contribution < -0.4 is 4.74 Å². The molecule has 1 saturated carbocycles. The SMILES string of the molecule is O=C1CCC2(S(=O)(=O)c3ccc(Cl)cc3)c3c(F)ccc(F)c3OC[C@H]2C1. The van der Waals surface area contributed by atoms with Crippen molar-refractivity contribution in [3.8, 4) is 5.75 Å². The van der Waals surface area contributed by atoms with E-state index in [0.29, 0.717) is 5.02 Å². The Balaban J connectivity index is 2.03. The van der Waals surface area contributed by atoms with Crippen LogP contribution >= 0.6 is 11.6 Å². The van der Waals surface area contributed by atoms with E-state index in [-0.39, 0.29) is 42.1 Å². The van der Waals surface area contributed by atoms with Crippen LogP contribution in [0.5, 0.6) is 5.75 Å². The number of carbonyl (C=O) groups excluding carboxylic acids is 1. The molecule has 0 bridgehead atoms. The van der Waals surface area contributed by atoms with E-state index in [2.05, 4.69) is 0 Å². The van der Waals surface area contributed by atoms with E-state index < -0.39 is 37.9 Å². The molecule has 1 unspecified atom stereocenters. The Labute approximate surface area is 160 Å². The largest absolute Gasteiger partial charge is 0.490 e. The molecule has 1 aliphatic carbocycles. The zero-order valence-electron chi connectivity index (χ0n) is 14.0. The number of hydrogen-bond acceptors (Lipinski definition) is 4. The molecule has 1 aliphatic heterocycles. The van der Waals surface area contributed by atoms with Crippen LogP contribution in [-0.2, 0) is 19.4 Å². The standard InChI is InChI=1S/C19H15ClF2O4S/c20-12-1-3-14(4-2-12)27(24,25)19-8-7-13(23)9-11(19)10-26-18-16(22)6-5-15(21)17(18)19/h1-6,11H,7-10H2/t11-,19?/m1/s1. The molecule has 4 nitrogen and oxygen atoms in total. The lowest BCUT2D eigenvalue weighted by atomic mass is 9.72. The summed E-state index contributed by atoms with van der Waals surface area (Å²) in [5, 5.41) is 0.353. The zero-order chi connectivity index (χ0) is 19.4. The first-order chi connectivity index (χ1) is 12.8. The summed E-state index contributed by atoms with van der Waals surface area (Å²) in [6.07, 6.45) is -0.223. The molecule has 2 aromatic rings. The van der Waals surface area contributed by atoms with Crippen molar-refractivity contribution in [2.45, 2.75) is 28.9 Å². The Morgan fingerprint density at radius 3 is 2.44 bits per heavy atom. The lowest BCUT2D eigenvalue weighted by molar-refractivity contribution is -0.123. The van der Waals surface area contributed by atoms with Crippen molar-refractivity contribution in [1.82, 2.24) is 0 Å². The number of ether oxygens (including phenoxy) is 1. The van der Waals surface area contributed by atoms with Gasteiger partial charge >= 0.3 is 0 Å². The van der Waals surface area contributed by atoms with Crippen molar-refractivity contribution in [2.75, 3.05) is 6.61 Å². The van der Waals surface area contributed by atoms with Gasteiger partial charge in [-0.1, -0.05) is 11.6 Å². The zero-order valence-corrected chi connectivity index (χ0v) is 15.6. The van der Waals surface area contributed by atoms with Gasteiger partial charge in [0.05, 0.1) is 17.1 Å². The Morgan fingerprint density at radius 2 is 1.74 bits per heavy atom. The van der Waals surface area contributed by atoms with Gasteiger partial charge in [-0.15, -0.1) is 0 Å². The van der Waals surface area contributed by atoms with E-state index in [1.807, 2.05) is 0 Å². The molecule has 2 atom stereocenters. The fourth-order valence-corrected chi connectivity index (χ4v) is 6.62. The number of carbonyl (C=O) groups is 1. The number of rotatable bonds is 2. The quantitative estimate of drug-likeness (QED) is 0.746. The summed E-state index contributed by atoms with van der Waals surface area (Å²) in [7, 11) is -4.17. The second kappa shape index (κ2) is 6.27. The predicted octanol–water partition coefficient (Wildman–Crippen LogP) is 4.05. The summed E-state index contributed by atoms with van der Waals surface area (Å²) in [5.74, 6) is -3.00. The number of halogens is 3. The molecule has 142 valence electrons. The molecule has 1 heterocycles. The van der Waals surface area contributed by atoms with Gasteiger partial charge in [0.15, 0.2) is 21.4 Å². The smallest absolute Gasteiger partial charge is 0.188 e.